The van der Waals surface area contributed by atoms with E-state index in [1.54, 1.807) is 12.1 Å². The summed E-state index contributed by atoms with van der Waals surface area (Å²) in [4.78, 5) is 14.8. The molecule has 1 aliphatic heterocycles. The molecule has 0 aliphatic carbocycles. The Balaban J connectivity index is 1.82. The molecule has 0 spiro atoms. The topological polar surface area (TPSA) is 78.5 Å². The summed E-state index contributed by atoms with van der Waals surface area (Å²) in [5.41, 5.74) is 2.49. The lowest BCUT2D eigenvalue weighted by Crippen LogP contribution is -2.43. The molecule has 2 aromatic rings. The Morgan fingerprint density at radius 3 is 2.48 bits per heavy atom. The molecule has 1 aliphatic rings. The normalized spacial score (nSPS) is 15.9. The molecular formula is C21H26ClN3O3S. The molecule has 156 valence electrons. The lowest BCUT2D eigenvalue weighted by molar-refractivity contribution is 0.0916. The van der Waals surface area contributed by atoms with Crippen LogP contribution < -0.4 is 10.0 Å². The van der Waals surface area contributed by atoms with Crippen LogP contribution in [0, 0.1) is 13.8 Å². The molecule has 1 heterocycles. The molecule has 1 fully saturated rings. The van der Waals surface area contributed by atoms with Crippen LogP contribution in [-0.4, -0.2) is 45.4 Å². The molecule has 8 heteroatoms. The van der Waals surface area contributed by atoms with Gasteiger partial charge in [0.05, 0.1) is 10.7 Å². The Labute approximate surface area is 177 Å². The van der Waals surface area contributed by atoms with Gasteiger partial charge < -0.3 is 10.2 Å². The van der Waals surface area contributed by atoms with Gasteiger partial charge in [0.15, 0.2) is 0 Å². The maximum atomic E-state index is 13.0. The minimum Gasteiger partial charge on any atom is -0.349 e. The monoisotopic (exact) mass is 435 g/mol. The van der Waals surface area contributed by atoms with Gasteiger partial charge in [0, 0.05) is 11.6 Å². The highest BCUT2D eigenvalue weighted by Crippen LogP contribution is 2.27. The number of sulfonamides is 1. The number of halogens is 1. The Hall–Kier alpha value is -2.09. The number of carbonyl (C=O) groups excluding carboxylic acids is 1. The van der Waals surface area contributed by atoms with E-state index < -0.39 is 10.0 Å². The van der Waals surface area contributed by atoms with Crippen molar-refractivity contribution in [2.75, 3.05) is 24.9 Å². The van der Waals surface area contributed by atoms with E-state index in [0.717, 1.165) is 37.1 Å². The number of rotatable bonds is 5. The van der Waals surface area contributed by atoms with E-state index in [0.29, 0.717) is 5.69 Å². The number of anilines is 1. The van der Waals surface area contributed by atoms with Crippen LogP contribution in [0.3, 0.4) is 0 Å². The van der Waals surface area contributed by atoms with Crippen molar-refractivity contribution in [3.05, 3.63) is 58.1 Å². The number of nitrogens with one attached hydrogen (secondary N) is 2. The van der Waals surface area contributed by atoms with Crippen LogP contribution in [-0.2, 0) is 10.0 Å². The molecule has 0 saturated carbocycles. The van der Waals surface area contributed by atoms with Crippen molar-refractivity contribution >= 4 is 33.2 Å². The van der Waals surface area contributed by atoms with E-state index in [1.165, 1.54) is 12.1 Å². The number of benzene rings is 2. The quantitative estimate of drug-likeness (QED) is 0.752. The van der Waals surface area contributed by atoms with Crippen molar-refractivity contribution in [1.29, 1.82) is 0 Å². The molecule has 0 unspecified atom stereocenters. The van der Waals surface area contributed by atoms with Crippen LogP contribution >= 0.6 is 11.6 Å². The molecule has 2 aromatic carbocycles. The number of amides is 1. The average molecular weight is 436 g/mol. The maximum Gasteiger partial charge on any atom is 0.263 e. The zero-order valence-electron chi connectivity index (χ0n) is 16.8. The van der Waals surface area contributed by atoms with Crippen molar-refractivity contribution < 1.29 is 13.2 Å². The third-order valence-electron chi connectivity index (χ3n) is 5.17. The molecule has 3 rings (SSSR count). The first-order valence-corrected chi connectivity index (χ1v) is 11.4. The fourth-order valence-corrected chi connectivity index (χ4v) is 4.97. The van der Waals surface area contributed by atoms with Gasteiger partial charge in [0.25, 0.3) is 15.9 Å². The van der Waals surface area contributed by atoms with Gasteiger partial charge in [0.1, 0.15) is 4.90 Å². The van der Waals surface area contributed by atoms with Crippen molar-refractivity contribution in [1.82, 2.24) is 10.2 Å². The van der Waals surface area contributed by atoms with Crippen LogP contribution in [0.1, 0.15) is 34.3 Å². The summed E-state index contributed by atoms with van der Waals surface area (Å²) in [5, 5.41) is 3.06. The van der Waals surface area contributed by atoms with Gasteiger partial charge in [-0.05, 0) is 82.2 Å². The standard InChI is InChI=1S/C21H26ClN3O3S/c1-14-4-5-15(2)19(12-14)24-29(27,28)20-13-16(6-7-18(20)22)21(26)23-17-8-10-25(3)11-9-17/h4-7,12-13,17,24H,8-11H2,1-3H3,(H,23,26). The van der Waals surface area contributed by atoms with Gasteiger partial charge in [-0.15, -0.1) is 0 Å². The molecule has 1 amide bonds. The van der Waals surface area contributed by atoms with Gasteiger partial charge in [-0.1, -0.05) is 23.7 Å². The molecule has 1 saturated heterocycles. The molecule has 0 aromatic heterocycles. The number of nitrogens with zero attached hydrogens (tertiary/aromatic N) is 1. The number of hydrogen-bond acceptors (Lipinski definition) is 4. The van der Waals surface area contributed by atoms with Crippen LogP contribution in [0.25, 0.3) is 0 Å². The SMILES string of the molecule is Cc1ccc(C)c(NS(=O)(=O)c2cc(C(=O)NC3CCN(C)CC3)ccc2Cl)c1. The number of likely N-dealkylation sites (tertiary alicyclic amines) is 1. The van der Waals surface area contributed by atoms with Gasteiger partial charge in [-0.25, -0.2) is 8.42 Å². The van der Waals surface area contributed by atoms with Gasteiger partial charge in [-0.2, -0.15) is 0 Å². The van der Waals surface area contributed by atoms with Crippen LogP contribution in [0.5, 0.6) is 0 Å². The zero-order valence-corrected chi connectivity index (χ0v) is 18.4. The lowest BCUT2D eigenvalue weighted by atomic mass is 10.0. The second kappa shape index (κ2) is 8.73. The smallest absolute Gasteiger partial charge is 0.263 e. The minimum atomic E-state index is -3.95. The highest BCUT2D eigenvalue weighted by Gasteiger charge is 2.23. The first kappa shape index (κ1) is 21.6. The van der Waals surface area contributed by atoms with Gasteiger partial charge >= 0.3 is 0 Å². The first-order chi connectivity index (χ1) is 13.7. The van der Waals surface area contributed by atoms with E-state index in [2.05, 4.69) is 22.0 Å². The average Bonchev–Trinajstić information content (AvgIpc) is 2.66. The van der Waals surface area contributed by atoms with Gasteiger partial charge in [-0.3, -0.25) is 9.52 Å². The molecule has 0 bridgehead atoms. The third kappa shape index (κ3) is 5.29. The van der Waals surface area contributed by atoms with Crippen molar-refractivity contribution in [3.8, 4) is 0 Å². The van der Waals surface area contributed by atoms with Crippen LogP contribution in [0.4, 0.5) is 5.69 Å². The largest absolute Gasteiger partial charge is 0.349 e. The summed E-state index contributed by atoms with van der Waals surface area (Å²) < 4.78 is 28.5. The van der Waals surface area contributed by atoms with Crippen LogP contribution in [0.15, 0.2) is 41.3 Å². The van der Waals surface area contributed by atoms with E-state index >= 15 is 0 Å². The van der Waals surface area contributed by atoms with Crippen molar-refractivity contribution in [3.63, 3.8) is 0 Å². The van der Waals surface area contributed by atoms with Gasteiger partial charge in [0.2, 0.25) is 0 Å². The van der Waals surface area contributed by atoms with E-state index in [4.69, 9.17) is 11.6 Å². The summed E-state index contributed by atoms with van der Waals surface area (Å²) in [7, 11) is -1.90. The summed E-state index contributed by atoms with van der Waals surface area (Å²) in [6.45, 7) is 5.55. The third-order valence-corrected chi connectivity index (χ3v) is 7.02. The highest BCUT2D eigenvalue weighted by atomic mass is 35.5. The van der Waals surface area contributed by atoms with E-state index in [9.17, 15) is 13.2 Å². The molecule has 29 heavy (non-hydrogen) atoms. The van der Waals surface area contributed by atoms with Crippen LogP contribution in [0.2, 0.25) is 5.02 Å². The Bertz CT molecular complexity index is 1020. The van der Waals surface area contributed by atoms with E-state index in [-0.39, 0.29) is 27.4 Å². The fraction of sp³-hybridized carbons (Fsp3) is 0.381. The minimum absolute atomic E-state index is 0.0682. The predicted molar refractivity (Wildman–Crippen MR) is 116 cm³/mol. The number of hydrogen-bond donors (Lipinski definition) is 2. The Morgan fingerprint density at radius 2 is 1.79 bits per heavy atom. The Morgan fingerprint density at radius 1 is 1.10 bits per heavy atom. The molecule has 0 atom stereocenters. The summed E-state index contributed by atoms with van der Waals surface area (Å²) >= 11 is 6.17. The van der Waals surface area contributed by atoms with Crippen molar-refractivity contribution in [2.24, 2.45) is 0 Å². The summed E-state index contributed by atoms with van der Waals surface area (Å²) in [6, 6.07) is 9.93. The van der Waals surface area contributed by atoms with E-state index in [1.807, 2.05) is 26.0 Å². The highest BCUT2D eigenvalue weighted by molar-refractivity contribution is 7.92. The maximum absolute atomic E-state index is 13.0. The first-order valence-electron chi connectivity index (χ1n) is 9.55. The molecule has 2 N–H and O–H groups in total. The summed E-state index contributed by atoms with van der Waals surface area (Å²) in [6.07, 6.45) is 1.74. The molecule has 0 radical (unpaired) electrons. The second-order valence-electron chi connectivity index (χ2n) is 7.62. The lowest BCUT2D eigenvalue weighted by Gasteiger charge is -2.29. The Kier molecular flexibility index (Phi) is 6.51. The number of piperidine rings is 1. The number of carbonyl (C=O) groups is 1. The number of aryl methyl sites for hydroxylation is 2. The van der Waals surface area contributed by atoms with Crippen molar-refractivity contribution in [2.45, 2.75) is 37.6 Å². The fourth-order valence-electron chi connectivity index (χ4n) is 3.32. The molecular weight excluding hydrogens is 410 g/mol. The molecule has 6 nitrogen and oxygen atoms in total. The second-order valence-corrected chi connectivity index (χ2v) is 9.68. The zero-order chi connectivity index (χ0) is 21.2. The summed E-state index contributed by atoms with van der Waals surface area (Å²) in [5.74, 6) is -0.292. The predicted octanol–water partition coefficient (Wildman–Crippen LogP) is 3.58.